The van der Waals surface area contributed by atoms with Crippen molar-refractivity contribution in [2.75, 3.05) is 13.6 Å². The number of aromatic nitrogens is 1. The smallest absolute Gasteiger partial charge is 0.237 e. The van der Waals surface area contributed by atoms with Gasteiger partial charge >= 0.3 is 0 Å². The third kappa shape index (κ3) is 7.09. The van der Waals surface area contributed by atoms with Crippen LogP contribution in [0.3, 0.4) is 0 Å². The van der Waals surface area contributed by atoms with Gasteiger partial charge in [-0.1, -0.05) is 48.8 Å². The molecule has 1 aliphatic rings. The lowest BCUT2D eigenvalue weighted by Crippen LogP contribution is -2.59. The molecule has 34 heavy (non-hydrogen) atoms. The number of aryl methyl sites for hydroxylation is 1. The maximum Gasteiger partial charge on any atom is 0.237 e. The average Bonchev–Trinajstić information content (AvgIpc) is 3.28. The van der Waals surface area contributed by atoms with Gasteiger partial charge in [0, 0.05) is 24.2 Å². The second-order valence-electron chi connectivity index (χ2n) is 9.22. The number of likely N-dealkylation sites (N-methyl/N-ethyl adjacent to an activating group) is 1. The van der Waals surface area contributed by atoms with E-state index in [4.69, 9.17) is 4.52 Å². The SMILES string of the molecule is Cc1ccc(CC2CN(C)C(CC(C)C)C(=O)N2)cc1.O=Cc1cc(-c2ccc(F)cc2)on1. The predicted molar refractivity (Wildman–Crippen MR) is 130 cm³/mol. The number of halogens is 1. The standard InChI is InChI=1S/C17H26N2O.C10H6FNO2/c1-12(2)9-16-17(20)18-15(11-19(16)4)10-14-7-5-13(3)6-8-14;11-8-3-1-7(2-4-8)10-5-9(6-13)12-14-10/h5-8,12,15-16H,9-11H2,1-4H3,(H,18,20);1-6H. The Morgan fingerprint density at radius 2 is 1.85 bits per heavy atom. The molecule has 0 spiro atoms. The highest BCUT2D eigenvalue weighted by Crippen LogP contribution is 2.20. The molecule has 0 saturated carbocycles. The van der Waals surface area contributed by atoms with Gasteiger partial charge in [0.2, 0.25) is 5.91 Å². The molecule has 3 aromatic rings. The van der Waals surface area contributed by atoms with E-state index in [9.17, 15) is 14.0 Å². The number of nitrogens with zero attached hydrogens (tertiary/aromatic N) is 2. The highest BCUT2D eigenvalue weighted by molar-refractivity contribution is 5.82. The first-order chi connectivity index (χ1) is 16.2. The molecule has 1 N–H and O–H groups in total. The molecule has 0 bridgehead atoms. The monoisotopic (exact) mass is 465 g/mol. The molecule has 1 aromatic heterocycles. The molecule has 180 valence electrons. The van der Waals surface area contributed by atoms with Crippen molar-refractivity contribution in [1.82, 2.24) is 15.4 Å². The lowest BCUT2D eigenvalue weighted by Gasteiger charge is -2.38. The Morgan fingerprint density at radius 3 is 2.41 bits per heavy atom. The molecule has 1 saturated heterocycles. The molecular weight excluding hydrogens is 433 g/mol. The van der Waals surface area contributed by atoms with Crippen molar-refractivity contribution in [3.05, 3.63) is 77.2 Å². The first-order valence-corrected chi connectivity index (χ1v) is 11.5. The van der Waals surface area contributed by atoms with Crippen molar-refractivity contribution in [3.8, 4) is 11.3 Å². The van der Waals surface area contributed by atoms with Gasteiger partial charge in [-0.05, 0) is 62.6 Å². The van der Waals surface area contributed by atoms with Crippen LogP contribution in [-0.4, -0.2) is 47.9 Å². The normalized spacial score (nSPS) is 18.2. The predicted octanol–water partition coefficient (Wildman–Crippen LogP) is 4.68. The molecule has 4 rings (SSSR count). The largest absolute Gasteiger partial charge is 0.356 e. The maximum atomic E-state index is 12.6. The van der Waals surface area contributed by atoms with Crippen LogP contribution < -0.4 is 5.32 Å². The summed E-state index contributed by atoms with van der Waals surface area (Å²) in [7, 11) is 2.06. The van der Waals surface area contributed by atoms with Crippen molar-refractivity contribution in [1.29, 1.82) is 0 Å². The zero-order chi connectivity index (χ0) is 24.7. The minimum absolute atomic E-state index is 0.0317. The number of nitrogens with one attached hydrogen (secondary N) is 1. The Bertz CT molecular complexity index is 1080. The first-order valence-electron chi connectivity index (χ1n) is 11.5. The summed E-state index contributed by atoms with van der Waals surface area (Å²) in [5.74, 6) is 0.863. The maximum absolute atomic E-state index is 12.6. The summed E-state index contributed by atoms with van der Waals surface area (Å²) in [4.78, 5) is 24.8. The van der Waals surface area contributed by atoms with Crippen LogP contribution in [0.25, 0.3) is 11.3 Å². The fourth-order valence-corrected chi connectivity index (χ4v) is 3.97. The third-order valence-corrected chi connectivity index (χ3v) is 5.76. The molecular formula is C27H32FN3O3. The van der Waals surface area contributed by atoms with Crippen LogP contribution in [0.15, 0.2) is 59.1 Å². The topological polar surface area (TPSA) is 75.4 Å². The molecule has 2 unspecified atom stereocenters. The van der Waals surface area contributed by atoms with E-state index in [-0.39, 0.29) is 29.5 Å². The lowest BCUT2D eigenvalue weighted by atomic mass is 9.96. The zero-order valence-corrected chi connectivity index (χ0v) is 20.1. The van der Waals surface area contributed by atoms with Gasteiger partial charge < -0.3 is 9.84 Å². The Labute approximate surface area is 200 Å². The van der Waals surface area contributed by atoms with Gasteiger partial charge in [0.05, 0.1) is 6.04 Å². The highest BCUT2D eigenvalue weighted by Gasteiger charge is 2.32. The Balaban J connectivity index is 0.000000202. The number of hydrogen-bond donors (Lipinski definition) is 1. The van der Waals surface area contributed by atoms with E-state index in [1.165, 1.54) is 29.3 Å². The number of hydrogen-bond acceptors (Lipinski definition) is 5. The molecule has 1 amide bonds. The molecule has 0 radical (unpaired) electrons. The fraction of sp³-hybridized carbons (Fsp3) is 0.370. The number of piperazine rings is 1. The van der Waals surface area contributed by atoms with Crippen LogP contribution >= 0.6 is 0 Å². The molecule has 1 aliphatic heterocycles. The molecule has 2 aromatic carbocycles. The highest BCUT2D eigenvalue weighted by atomic mass is 19.1. The second kappa shape index (κ2) is 11.7. The molecule has 7 heteroatoms. The van der Waals surface area contributed by atoms with Gasteiger partial charge in [-0.2, -0.15) is 0 Å². The summed E-state index contributed by atoms with van der Waals surface area (Å²) in [6.07, 6.45) is 2.43. The fourth-order valence-electron chi connectivity index (χ4n) is 3.97. The summed E-state index contributed by atoms with van der Waals surface area (Å²) >= 11 is 0. The Kier molecular flexibility index (Phi) is 8.71. The van der Waals surface area contributed by atoms with E-state index in [0.717, 1.165) is 19.4 Å². The number of rotatable bonds is 6. The summed E-state index contributed by atoms with van der Waals surface area (Å²) in [5, 5.41) is 6.68. The second-order valence-corrected chi connectivity index (χ2v) is 9.22. The van der Waals surface area contributed by atoms with Gasteiger partial charge in [0.15, 0.2) is 12.0 Å². The molecule has 6 nitrogen and oxygen atoms in total. The average molecular weight is 466 g/mol. The molecule has 2 heterocycles. The van der Waals surface area contributed by atoms with Crippen molar-refractivity contribution in [3.63, 3.8) is 0 Å². The minimum atomic E-state index is -0.316. The number of amides is 1. The van der Waals surface area contributed by atoms with E-state index in [1.807, 2.05) is 0 Å². The van der Waals surface area contributed by atoms with Crippen molar-refractivity contribution in [2.24, 2.45) is 5.92 Å². The molecule has 2 atom stereocenters. The van der Waals surface area contributed by atoms with Crippen LogP contribution in [0, 0.1) is 18.7 Å². The van der Waals surface area contributed by atoms with Gasteiger partial charge in [-0.25, -0.2) is 4.39 Å². The van der Waals surface area contributed by atoms with Gasteiger partial charge in [-0.3, -0.25) is 14.5 Å². The summed E-state index contributed by atoms with van der Waals surface area (Å²) in [6.45, 7) is 7.35. The van der Waals surface area contributed by atoms with Crippen LogP contribution in [0.4, 0.5) is 4.39 Å². The van der Waals surface area contributed by atoms with Gasteiger partial charge in [-0.15, -0.1) is 0 Å². The van der Waals surface area contributed by atoms with Crippen molar-refractivity contribution in [2.45, 2.75) is 45.7 Å². The number of benzene rings is 2. The lowest BCUT2D eigenvalue weighted by molar-refractivity contribution is -0.130. The zero-order valence-electron chi connectivity index (χ0n) is 20.1. The quantitative estimate of drug-likeness (QED) is 0.535. The van der Waals surface area contributed by atoms with Crippen molar-refractivity contribution < 1.29 is 18.5 Å². The minimum Gasteiger partial charge on any atom is -0.356 e. The Morgan fingerprint density at radius 1 is 1.18 bits per heavy atom. The molecule has 0 aliphatic carbocycles. The summed E-state index contributed by atoms with van der Waals surface area (Å²) in [6, 6.07) is 16.1. The van der Waals surface area contributed by atoms with Crippen LogP contribution in [0.2, 0.25) is 0 Å². The van der Waals surface area contributed by atoms with E-state index < -0.39 is 0 Å². The van der Waals surface area contributed by atoms with Crippen molar-refractivity contribution >= 4 is 12.2 Å². The van der Waals surface area contributed by atoms with E-state index >= 15 is 0 Å². The number of aldehydes is 1. The summed E-state index contributed by atoms with van der Waals surface area (Å²) in [5.41, 5.74) is 3.48. The van der Waals surface area contributed by atoms with E-state index in [2.05, 4.69) is 67.5 Å². The van der Waals surface area contributed by atoms with Gasteiger partial charge in [0.1, 0.15) is 11.5 Å². The van der Waals surface area contributed by atoms with Crippen LogP contribution in [-0.2, 0) is 11.2 Å². The van der Waals surface area contributed by atoms with E-state index in [0.29, 0.717) is 23.5 Å². The van der Waals surface area contributed by atoms with Crippen LogP contribution in [0.5, 0.6) is 0 Å². The Hall–Kier alpha value is -3.32. The van der Waals surface area contributed by atoms with Crippen LogP contribution in [0.1, 0.15) is 41.9 Å². The molecule has 1 fully saturated rings. The van der Waals surface area contributed by atoms with Gasteiger partial charge in [0.25, 0.3) is 0 Å². The summed E-state index contributed by atoms with van der Waals surface area (Å²) < 4.78 is 17.4. The van der Waals surface area contributed by atoms with E-state index in [1.54, 1.807) is 12.1 Å². The number of carbonyl (C=O) groups excluding carboxylic acids is 2. The first kappa shape index (κ1) is 25.3. The number of carbonyl (C=O) groups is 2. The third-order valence-electron chi connectivity index (χ3n) is 5.76.